The first-order chi connectivity index (χ1) is 8.70. The van der Waals surface area contributed by atoms with E-state index in [-0.39, 0.29) is 30.0 Å². The summed E-state index contributed by atoms with van der Waals surface area (Å²) in [7, 11) is 0. The van der Waals surface area contributed by atoms with E-state index in [4.69, 9.17) is 15.6 Å². The minimum Gasteiger partial charge on any atom is -0.394 e. The first-order valence-corrected chi connectivity index (χ1v) is 5.63. The first kappa shape index (κ1) is 11.3. The van der Waals surface area contributed by atoms with Crippen LogP contribution in [0.1, 0.15) is 12.6 Å². The van der Waals surface area contributed by atoms with Crippen LogP contribution in [-0.2, 0) is 4.74 Å². The van der Waals surface area contributed by atoms with E-state index in [0.29, 0.717) is 12.1 Å². The summed E-state index contributed by atoms with van der Waals surface area (Å²) in [5.74, 6) is 0. The van der Waals surface area contributed by atoms with Crippen molar-refractivity contribution in [3.63, 3.8) is 0 Å². The number of nitrogens with two attached hydrogens (primary N) is 1. The van der Waals surface area contributed by atoms with E-state index in [1.54, 1.807) is 4.57 Å². The van der Waals surface area contributed by atoms with Crippen molar-refractivity contribution in [2.45, 2.75) is 24.8 Å². The molecule has 0 spiro atoms. The molecule has 1 fully saturated rings. The van der Waals surface area contributed by atoms with Gasteiger partial charge in [0.2, 0.25) is 0 Å². The molecule has 0 saturated carbocycles. The lowest BCUT2D eigenvalue weighted by Gasteiger charge is -2.13. The van der Waals surface area contributed by atoms with Gasteiger partial charge in [-0.1, -0.05) is 0 Å². The molecule has 96 valence electrons. The van der Waals surface area contributed by atoms with Gasteiger partial charge in [-0.3, -0.25) is 9.36 Å². The lowest BCUT2D eigenvalue weighted by atomic mass is 10.1. The number of rotatable bonds is 2. The van der Waals surface area contributed by atoms with Crippen LogP contribution in [0.25, 0.3) is 11.2 Å². The Morgan fingerprint density at radius 3 is 3.17 bits per heavy atom. The fourth-order valence-electron chi connectivity index (χ4n) is 2.17. The van der Waals surface area contributed by atoms with Crippen LogP contribution in [0.15, 0.2) is 17.4 Å². The smallest absolute Gasteiger partial charge is 0.278 e. The van der Waals surface area contributed by atoms with Crippen molar-refractivity contribution in [1.29, 1.82) is 0 Å². The molecule has 2 aromatic heterocycles. The van der Waals surface area contributed by atoms with Gasteiger partial charge >= 0.3 is 0 Å². The number of aliphatic hydroxyl groups is 1. The standard InChI is InChI=1S/C10H13N5O3/c11-5-1-7(18-6(5)2-16)15-4-14-8-9(15)12-3-13-10(8)17/h3-7,16H,1-2,11H2,(H,12,13,17). The number of hydrogen-bond acceptors (Lipinski definition) is 6. The number of nitrogens with zero attached hydrogens (tertiary/aromatic N) is 3. The summed E-state index contributed by atoms with van der Waals surface area (Å²) in [6.45, 7) is -0.127. The van der Waals surface area contributed by atoms with Gasteiger partial charge in [0.05, 0.1) is 25.4 Å². The predicted octanol–water partition coefficient (Wildman–Crippen LogP) is -1.27. The van der Waals surface area contributed by atoms with Gasteiger partial charge in [-0.2, -0.15) is 0 Å². The normalized spacial score (nSPS) is 28.0. The van der Waals surface area contributed by atoms with E-state index < -0.39 is 6.10 Å². The van der Waals surface area contributed by atoms with E-state index in [9.17, 15) is 4.79 Å². The Kier molecular flexibility index (Phi) is 2.62. The van der Waals surface area contributed by atoms with Crippen LogP contribution in [0.5, 0.6) is 0 Å². The molecule has 1 aliphatic heterocycles. The van der Waals surface area contributed by atoms with E-state index in [1.807, 2.05) is 0 Å². The molecule has 3 unspecified atom stereocenters. The van der Waals surface area contributed by atoms with Gasteiger partial charge in [0.1, 0.15) is 6.23 Å². The third kappa shape index (κ3) is 1.62. The Morgan fingerprint density at radius 2 is 2.44 bits per heavy atom. The number of aromatic nitrogens is 4. The molecule has 0 amide bonds. The number of hydrogen-bond donors (Lipinski definition) is 3. The lowest BCUT2D eigenvalue weighted by molar-refractivity contribution is -0.0233. The Labute approximate surface area is 101 Å². The van der Waals surface area contributed by atoms with Gasteiger partial charge < -0.3 is 20.6 Å². The number of imidazole rings is 1. The van der Waals surface area contributed by atoms with Crippen LogP contribution in [-0.4, -0.2) is 43.4 Å². The van der Waals surface area contributed by atoms with Gasteiger partial charge in [-0.05, 0) is 0 Å². The van der Waals surface area contributed by atoms with Crippen molar-refractivity contribution in [2.24, 2.45) is 5.73 Å². The SMILES string of the molecule is NC1CC(n2cnc3c(=O)[nH]cnc32)OC1CO. The minimum atomic E-state index is -0.394. The summed E-state index contributed by atoms with van der Waals surface area (Å²) in [6, 6.07) is -0.237. The second-order valence-electron chi connectivity index (χ2n) is 4.27. The lowest BCUT2D eigenvalue weighted by Crippen LogP contribution is -2.32. The second-order valence-corrected chi connectivity index (χ2v) is 4.27. The Morgan fingerprint density at radius 1 is 1.61 bits per heavy atom. The topological polar surface area (TPSA) is 119 Å². The fraction of sp³-hybridized carbons (Fsp3) is 0.500. The largest absolute Gasteiger partial charge is 0.394 e. The number of H-pyrrole nitrogens is 1. The summed E-state index contributed by atoms with van der Waals surface area (Å²) in [6.07, 6.45) is 2.63. The predicted molar refractivity (Wildman–Crippen MR) is 61.7 cm³/mol. The van der Waals surface area contributed by atoms with Gasteiger partial charge in [0.25, 0.3) is 5.56 Å². The first-order valence-electron chi connectivity index (χ1n) is 5.63. The van der Waals surface area contributed by atoms with Gasteiger partial charge in [-0.15, -0.1) is 0 Å². The fourth-order valence-corrected chi connectivity index (χ4v) is 2.17. The zero-order valence-electron chi connectivity index (χ0n) is 9.48. The van der Waals surface area contributed by atoms with Crippen molar-refractivity contribution < 1.29 is 9.84 Å². The van der Waals surface area contributed by atoms with E-state index in [0.717, 1.165) is 0 Å². The molecule has 1 saturated heterocycles. The molecule has 18 heavy (non-hydrogen) atoms. The number of nitrogens with one attached hydrogen (secondary N) is 1. The molecule has 1 aliphatic rings. The summed E-state index contributed by atoms with van der Waals surface area (Å²) in [5.41, 5.74) is 6.28. The molecular weight excluding hydrogens is 238 g/mol. The maximum Gasteiger partial charge on any atom is 0.278 e. The zero-order chi connectivity index (χ0) is 12.7. The highest BCUT2D eigenvalue weighted by molar-refractivity contribution is 5.68. The van der Waals surface area contributed by atoms with Crippen molar-refractivity contribution in [2.75, 3.05) is 6.61 Å². The van der Waals surface area contributed by atoms with E-state index in [2.05, 4.69) is 15.0 Å². The van der Waals surface area contributed by atoms with Crippen molar-refractivity contribution >= 4 is 11.2 Å². The van der Waals surface area contributed by atoms with Crippen molar-refractivity contribution in [3.05, 3.63) is 23.0 Å². The molecule has 3 atom stereocenters. The molecule has 3 rings (SSSR count). The van der Waals surface area contributed by atoms with Crippen LogP contribution in [0.4, 0.5) is 0 Å². The number of aromatic amines is 1. The molecule has 8 nitrogen and oxygen atoms in total. The maximum absolute atomic E-state index is 11.5. The number of aliphatic hydroxyl groups excluding tert-OH is 1. The summed E-state index contributed by atoms with van der Waals surface area (Å²) >= 11 is 0. The average molecular weight is 251 g/mol. The monoisotopic (exact) mass is 251 g/mol. The molecule has 0 aromatic carbocycles. The minimum absolute atomic E-state index is 0.127. The van der Waals surface area contributed by atoms with Crippen LogP contribution >= 0.6 is 0 Å². The average Bonchev–Trinajstić information content (AvgIpc) is 2.93. The van der Waals surface area contributed by atoms with E-state index >= 15 is 0 Å². The van der Waals surface area contributed by atoms with Crippen LogP contribution in [0.2, 0.25) is 0 Å². The molecule has 2 aromatic rings. The van der Waals surface area contributed by atoms with Crippen LogP contribution in [0.3, 0.4) is 0 Å². The quantitative estimate of drug-likeness (QED) is 0.612. The van der Waals surface area contributed by atoms with E-state index in [1.165, 1.54) is 12.7 Å². The molecule has 0 radical (unpaired) electrons. The summed E-state index contributed by atoms with van der Waals surface area (Å²) in [4.78, 5) is 22.1. The third-order valence-corrected chi connectivity index (χ3v) is 3.14. The van der Waals surface area contributed by atoms with Gasteiger partial charge in [0, 0.05) is 12.5 Å². The summed E-state index contributed by atoms with van der Waals surface area (Å²) < 4.78 is 7.28. The van der Waals surface area contributed by atoms with Crippen molar-refractivity contribution in [3.8, 4) is 0 Å². The Balaban J connectivity index is 2.01. The number of ether oxygens (including phenoxy) is 1. The summed E-state index contributed by atoms with van der Waals surface area (Å²) in [5, 5.41) is 9.11. The second kappa shape index (κ2) is 4.16. The third-order valence-electron chi connectivity index (χ3n) is 3.14. The molecule has 0 aliphatic carbocycles. The van der Waals surface area contributed by atoms with Crippen LogP contribution < -0.4 is 11.3 Å². The van der Waals surface area contributed by atoms with Gasteiger partial charge in [-0.25, -0.2) is 9.97 Å². The molecule has 3 heterocycles. The highest BCUT2D eigenvalue weighted by Crippen LogP contribution is 2.28. The van der Waals surface area contributed by atoms with Gasteiger partial charge in [0.15, 0.2) is 11.2 Å². The van der Waals surface area contributed by atoms with Crippen molar-refractivity contribution in [1.82, 2.24) is 19.5 Å². The molecule has 8 heteroatoms. The van der Waals surface area contributed by atoms with Crippen LogP contribution in [0, 0.1) is 0 Å². The Bertz CT molecular complexity index is 621. The molecule has 0 bridgehead atoms. The molecule has 4 N–H and O–H groups in total. The molecular formula is C10H13N5O3. The highest BCUT2D eigenvalue weighted by Gasteiger charge is 2.34. The zero-order valence-corrected chi connectivity index (χ0v) is 9.48. The maximum atomic E-state index is 11.5. The number of fused-ring (bicyclic) bond motifs is 1. The Hall–Kier alpha value is -1.77. The highest BCUT2D eigenvalue weighted by atomic mass is 16.5.